The predicted molar refractivity (Wildman–Crippen MR) is 231 cm³/mol. The van der Waals surface area contributed by atoms with Crippen LogP contribution in [0, 0.1) is 50.2 Å². The SMILES string of the molecule is CC1(C)CC[C@]2(C(=O)O[C@@H]3O[C@H](CO)[C@@H](O)[C@H](O)[C@H]3O)CC[C@]3(C)C(=CC[C@@H]4[C@@]5(C)CC[C@H](O[C@@H]6O[C@H](C(=O)O)[C@@H](O[C@@H]7O[C@H](CO)[C@@H](O)[C@H](O)[C@H]7O)[C@H](O)[C@H]6O)C(C)(C)[C@H]5CC[C@]43C)[C@H]2C1. The quantitative estimate of drug-likeness (QED) is 0.0838. The van der Waals surface area contributed by atoms with Crippen LogP contribution in [0.5, 0.6) is 0 Å². The Balaban J connectivity index is 1.01. The van der Waals surface area contributed by atoms with Gasteiger partial charge in [-0.05, 0) is 109 Å². The average molecular weight is 957 g/mol. The summed E-state index contributed by atoms with van der Waals surface area (Å²) in [6.07, 6.45) is -16.3. The summed E-state index contributed by atoms with van der Waals surface area (Å²) in [6.45, 7) is 14.4. The van der Waals surface area contributed by atoms with Gasteiger partial charge in [-0.1, -0.05) is 60.1 Å². The minimum absolute atomic E-state index is 0.0745. The van der Waals surface area contributed by atoms with Gasteiger partial charge in [0.15, 0.2) is 18.7 Å². The van der Waals surface area contributed by atoms with E-state index in [4.69, 9.17) is 28.4 Å². The molecule has 23 atom stereocenters. The Morgan fingerprint density at radius 2 is 1.21 bits per heavy atom. The first kappa shape index (κ1) is 51.4. The molecule has 0 radical (unpaired) electrons. The van der Waals surface area contributed by atoms with Crippen molar-refractivity contribution >= 4 is 11.9 Å². The summed E-state index contributed by atoms with van der Waals surface area (Å²) in [5.74, 6) is -1.88. The van der Waals surface area contributed by atoms with E-state index in [1.54, 1.807) is 0 Å². The summed E-state index contributed by atoms with van der Waals surface area (Å²) in [4.78, 5) is 27.3. The maximum Gasteiger partial charge on any atom is 0.335 e. The second-order valence-corrected chi connectivity index (χ2v) is 23.5. The van der Waals surface area contributed by atoms with Crippen molar-refractivity contribution in [2.45, 2.75) is 211 Å². The van der Waals surface area contributed by atoms with Gasteiger partial charge >= 0.3 is 11.9 Å². The fraction of sp³-hybridized carbons (Fsp3) is 0.917. The number of carboxylic acids is 1. The molecule has 0 aromatic heterocycles. The second-order valence-electron chi connectivity index (χ2n) is 23.5. The maximum absolute atomic E-state index is 14.7. The molecule has 0 unspecified atom stereocenters. The van der Waals surface area contributed by atoms with Crippen molar-refractivity contribution in [2.24, 2.45) is 50.2 Å². The van der Waals surface area contributed by atoms with Gasteiger partial charge in [-0.15, -0.1) is 0 Å². The van der Waals surface area contributed by atoms with E-state index in [0.29, 0.717) is 25.7 Å². The first-order valence-electron chi connectivity index (χ1n) is 24.3. The van der Waals surface area contributed by atoms with Crippen LogP contribution in [-0.2, 0) is 38.0 Å². The molecule has 7 fully saturated rings. The summed E-state index contributed by atoms with van der Waals surface area (Å²) >= 11 is 0. The van der Waals surface area contributed by atoms with Crippen molar-refractivity contribution in [1.82, 2.24) is 0 Å². The van der Waals surface area contributed by atoms with Gasteiger partial charge in [0.2, 0.25) is 6.29 Å². The molecule has 19 nitrogen and oxygen atoms in total. The summed E-state index contributed by atoms with van der Waals surface area (Å²) in [5, 5.41) is 115. The lowest BCUT2D eigenvalue weighted by Crippen LogP contribution is -2.67. The molecule has 8 aliphatic rings. The molecule has 19 heteroatoms. The van der Waals surface area contributed by atoms with Gasteiger partial charge in [0.1, 0.15) is 67.1 Å². The van der Waals surface area contributed by atoms with E-state index in [-0.39, 0.29) is 39.4 Å². The Morgan fingerprint density at radius 3 is 1.82 bits per heavy atom. The lowest BCUT2D eigenvalue weighted by Gasteiger charge is -2.71. The van der Waals surface area contributed by atoms with Crippen LogP contribution in [0.15, 0.2) is 11.6 Å². The van der Waals surface area contributed by atoms with Gasteiger partial charge < -0.3 is 84.6 Å². The Hall–Kier alpha value is -1.92. The van der Waals surface area contributed by atoms with E-state index in [9.17, 15) is 65.8 Å². The fourth-order valence-electron chi connectivity index (χ4n) is 15.0. The third kappa shape index (κ3) is 8.06. The molecule has 0 amide bonds. The van der Waals surface area contributed by atoms with E-state index in [2.05, 4.69) is 54.5 Å². The lowest BCUT2D eigenvalue weighted by atomic mass is 9.33. The first-order valence-corrected chi connectivity index (χ1v) is 24.3. The molecule has 0 aromatic carbocycles. The van der Waals surface area contributed by atoms with Crippen molar-refractivity contribution < 1.29 is 94.2 Å². The van der Waals surface area contributed by atoms with Crippen molar-refractivity contribution in [3.05, 3.63) is 11.6 Å². The molecule has 5 aliphatic carbocycles. The van der Waals surface area contributed by atoms with Gasteiger partial charge in [-0.2, -0.15) is 0 Å². The minimum atomic E-state index is -1.91. The Kier molecular flexibility index (Phi) is 13.8. The molecule has 382 valence electrons. The third-order valence-electron chi connectivity index (χ3n) is 19.3. The molecule has 0 spiro atoms. The van der Waals surface area contributed by atoms with Crippen molar-refractivity contribution in [3.63, 3.8) is 0 Å². The molecule has 8 rings (SSSR count). The zero-order valence-corrected chi connectivity index (χ0v) is 39.7. The van der Waals surface area contributed by atoms with E-state index >= 15 is 0 Å². The van der Waals surface area contributed by atoms with Crippen LogP contribution in [0.1, 0.15) is 113 Å². The van der Waals surface area contributed by atoms with Gasteiger partial charge in [0, 0.05) is 0 Å². The smallest absolute Gasteiger partial charge is 0.335 e. The molecular formula is C48H76O19. The van der Waals surface area contributed by atoms with Crippen LogP contribution in [0.4, 0.5) is 0 Å². The number of aliphatic carboxylic acids is 1. The van der Waals surface area contributed by atoms with Crippen molar-refractivity contribution in [3.8, 4) is 0 Å². The Bertz CT molecular complexity index is 1870. The number of esters is 1. The Morgan fingerprint density at radius 1 is 0.642 bits per heavy atom. The number of hydrogen-bond donors (Lipinski definition) is 11. The van der Waals surface area contributed by atoms with Gasteiger partial charge in [-0.3, -0.25) is 4.79 Å². The molecular weight excluding hydrogens is 881 g/mol. The molecule has 11 N–H and O–H groups in total. The largest absolute Gasteiger partial charge is 0.479 e. The number of carbonyl (C=O) groups excluding carboxylic acids is 1. The number of ether oxygens (including phenoxy) is 6. The predicted octanol–water partition coefficient (Wildman–Crippen LogP) is 0.233. The normalized spacial score (nSPS) is 52.6. The van der Waals surface area contributed by atoms with Crippen LogP contribution in [-0.4, -0.2) is 180 Å². The summed E-state index contributed by atoms with van der Waals surface area (Å²) in [7, 11) is 0. The van der Waals surface area contributed by atoms with Crippen LogP contribution in [0.25, 0.3) is 0 Å². The number of rotatable bonds is 9. The Labute approximate surface area is 391 Å². The molecule has 3 heterocycles. The highest BCUT2D eigenvalue weighted by Crippen LogP contribution is 2.76. The molecule has 67 heavy (non-hydrogen) atoms. The molecule has 3 saturated heterocycles. The van der Waals surface area contributed by atoms with Gasteiger partial charge in [-0.25, -0.2) is 4.79 Å². The lowest BCUT2D eigenvalue weighted by molar-refractivity contribution is -0.363. The number of hydrogen-bond acceptors (Lipinski definition) is 18. The molecule has 0 aromatic rings. The van der Waals surface area contributed by atoms with Crippen LogP contribution < -0.4 is 0 Å². The average Bonchev–Trinajstić information content (AvgIpc) is 3.26. The number of carboxylic acid groups (broad SMARTS) is 1. The monoisotopic (exact) mass is 956 g/mol. The second kappa shape index (κ2) is 18.0. The topological polar surface area (TPSA) is 312 Å². The van der Waals surface area contributed by atoms with E-state index in [0.717, 1.165) is 38.5 Å². The number of aliphatic hydroxyl groups is 10. The third-order valence-corrected chi connectivity index (χ3v) is 19.3. The standard InChI is InChI=1S/C48H76O19/c1-43(2)14-16-48(42(61)67-40-34(57)31(54)29(52)24(20-50)63-40)17-15-46(6)21(22(48)18-43)8-9-26-45(5)12-11-27(44(3,4)25(45)10-13-47(26,46)7)64-41-35(58)32(55)36(37(66-41)38(59)60)65-39-33(56)30(53)28(51)23(19-49)62-39/h8,22-37,39-41,49-58H,9-20H2,1-7H3,(H,59,60)/t22-,23-,24-,25-,26-,27+,28-,29-,30+,31+,32-,33-,34-,35-,36+,37+,39+,40+,41-,45+,46-,47-,48+/m1/s1. The van der Waals surface area contributed by atoms with E-state index < -0.39 is 134 Å². The van der Waals surface area contributed by atoms with E-state index in [1.807, 2.05) is 0 Å². The first-order chi connectivity index (χ1) is 31.2. The summed E-state index contributed by atoms with van der Waals surface area (Å²) in [6, 6.07) is 0. The van der Waals surface area contributed by atoms with E-state index in [1.165, 1.54) is 5.57 Å². The highest BCUT2D eigenvalue weighted by molar-refractivity contribution is 5.79. The van der Waals surface area contributed by atoms with Crippen LogP contribution >= 0.6 is 0 Å². The molecule has 3 aliphatic heterocycles. The summed E-state index contributed by atoms with van der Waals surface area (Å²) in [5.41, 5.74) is -0.914. The highest BCUT2D eigenvalue weighted by atomic mass is 16.7. The molecule has 4 saturated carbocycles. The van der Waals surface area contributed by atoms with Crippen LogP contribution in [0.2, 0.25) is 0 Å². The molecule has 0 bridgehead atoms. The number of carbonyl (C=O) groups is 2. The summed E-state index contributed by atoms with van der Waals surface area (Å²) < 4.78 is 35.0. The van der Waals surface area contributed by atoms with Crippen LogP contribution in [0.3, 0.4) is 0 Å². The van der Waals surface area contributed by atoms with Crippen molar-refractivity contribution in [2.75, 3.05) is 13.2 Å². The number of fused-ring (bicyclic) bond motifs is 7. The zero-order chi connectivity index (χ0) is 49.1. The number of aliphatic hydroxyl groups excluding tert-OH is 10. The van der Waals surface area contributed by atoms with Gasteiger partial charge in [0.05, 0.1) is 24.7 Å². The minimum Gasteiger partial charge on any atom is -0.479 e. The van der Waals surface area contributed by atoms with Crippen molar-refractivity contribution in [1.29, 1.82) is 0 Å². The number of allylic oxidation sites excluding steroid dienone is 2. The fourth-order valence-corrected chi connectivity index (χ4v) is 15.0. The van der Waals surface area contributed by atoms with Gasteiger partial charge in [0.25, 0.3) is 0 Å². The zero-order valence-electron chi connectivity index (χ0n) is 39.7. The maximum atomic E-state index is 14.7. The highest BCUT2D eigenvalue weighted by Gasteiger charge is 2.70.